The number of aromatic nitrogens is 2. The standard InChI is InChI=1S/C37H28N10O10S2.3Na/c38-33-32-20(15-30(59(55,56)57)35(36(32)51)47-42-21-4-2-1-3-5-21)14-29(58(52,53)54)34(33)46-43-22-8-6-19(7-9-22)37-40-25-12-11-24(16-27(25)41-37)44-45-26-13-10-23(17-28(26)48)39-18-31(49)50;;;/h1-17,39,42,44H,18,38H2,(H,40,41)(H,49,50)(H,52,53,54)(H,55,56,57);;;/q;3*+1/p-3/b45-26-,46-43?,47-35+;;;. The van der Waals surface area contributed by atoms with Crippen LogP contribution in [0.3, 0.4) is 0 Å². The van der Waals surface area contributed by atoms with Crippen molar-refractivity contribution in [1.29, 1.82) is 0 Å². The second-order valence-electron chi connectivity index (χ2n) is 12.5. The van der Waals surface area contributed by atoms with Gasteiger partial charge in [0.2, 0.25) is 11.6 Å². The van der Waals surface area contributed by atoms with Gasteiger partial charge in [0.1, 0.15) is 43.2 Å². The Morgan fingerprint density at radius 1 is 0.806 bits per heavy atom. The van der Waals surface area contributed by atoms with E-state index in [1.807, 2.05) is 0 Å². The van der Waals surface area contributed by atoms with Crippen molar-refractivity contribution in [3.8, 4) is 11.4 Å². The Hall–Kier alpha value is -4.66. The van der Waals surface area contributed by atoms with Crippen LogP contribution in [-0.4, -0.2) is 71.4 Å². The summed E-state index contributed by atoms with van der Waals surface area (Å²) in [4.78, 5) is 42.4. The monoisotopic (exact) mass is 902 g/mol. The number of carboxylic acid groups (broad SMARTS) is 1. The number of carboxylic acids is 1. The predicted octanol–water partition coefficient (Wildman–Crippen LogP) is -6.18. The Balaban J connectivity index is 0.00000282. The van der Waals surface area contributed by atoms with Crippen LogP contribution < -0.4 is 116 Å². The number of anilines is 3. The van der Waals surface area contributed by atoms with Crippen LogP contribution >= 0.6 is 0 Å². The number of nitrogens with one attached hydrogen (secondary N) is 4. The molecule has 0 spiro atoms. The summed E-state index contributed by atoms with van der Waals surface area (Å²) in [6, 6.07) is 20.1. The molecule has 2 aliphatic rings. The second-order valence-corrected chi connectivity index (χ2v) is 15.2. The average molecular weight is 903 g/mol. The van der Waals surface area contributed by atoms with Gasteiger partial charge in [-0.25, -0.2) is 21.8 Å². The number of carbonyl (C=O) groups is 3. The van der Waals surface area contributed by atoms with Crippen molar-refractivity contribution in [2.24, 2.45) is 20.4 Å². The number of para-hydroxylation sites is 1. The van der Waals surface area contributed by atoms with E-state index < -0.39 is 82.3 Å². The molecule has 0 fully saturated rings. The van der Waals surface area contributed by atoms with Crippen LogP contribution in [0.4, 0.5) is 28.4 Å². The zero-order valence-electron chi connectivity index (χ0n) is 32.7. The number of carbonyl (C=O) groups excluding carboxylic acids is 3. The van der Waals surface area contributed by atoms with Crippen LogP contribution in [0.15, 0.2) is 133 Å². The molecule has 20 nitrogen and oxygen atoms in total. The topological polar surface area (TPSA) is 329 Å². The molecule has 6 N–H and O–H groups in total. The summed E-state index contributed by atoms with van der Waals surface area (Å²) >= 11 is 0. The predicted molar refractivity (Wildman–Crippen MR) is 210 cm³/mol. The Morgan fingerprint density at radius 3 is 2.15 bits per heavy atom. The van der Waals surface area contributed by atoms with Gasteiger partial charge in [-0.15, -0.1) is 5.11 Å². The Bertz CT molecular complexity index is 3030. The van der Waals surface area contributed by atoms with E-state index in [2.05, 4.69) is 46.6 Å². The zero-order chi connectivity index (χ0) is 42.1. The molecule has 1 aromatic heterocycles. The number of H-pyrrole nitrogens is 1. The average Bonchev–Trinajstić information content (AvgIpc) is 3.62. The van der Waals surface area contributed by atoms with E-state index in [1.54, 1.807) is 60.7 Å². The van der Waals surface area contributed by atoms with Crippen molar-refractivity contribution < 1.29 is 134 Å². The number of allylic oxidation sites excluding steroid dienone is 4. The quantitative estimate of drug-likeness (QED) is 0.0194. The Kier molecular flexibility index (Phi) is 16.7. The van der Waals surface area contributed by atoms with Gasteiger partial charge >= 0.3 is 88.7 Å². The number of aromatic amines is 1. The molecule has 0 bridgehead atoms. The smallest absolute Gasteiger partial charge is 0.744 e. The number of nitrogens with two attached hydrogens (primary N) is 1. The molecule has 298 valence electrons. The van der Waals surface area contributed by atoms with Crippen molar-refractivity contribution in [2.45, 2.75) is 4.90 Å². The molecule has 62 heavy (non-hydrogen) atoms. The minimum Gasteiger partial charge on any atom is -0.744 e. The SMILES string of the molecule is Nc1c(N=Nc2ccc(-c3nc4ccc(N/N=C5/C=CC(NCC(=O)[O-])=CC5=O)cc4[nH]3)cc2)c(S(=O)(=O)[O-])cc2c1C(=O)/C(=N/Nc1ccccc1)C(S(=O)(=O)[O-])=C2.[Na+].[Na+].[Na+]. The number of nitrogen functional groups attached to an aromatic ring is 1. The molecule has 7 rings (SSSR count). The fraction of sp³-hybridized carbons (Fsp3) is 0.0270. The van der Waals surface area contributed by atoms with Crippen molar-refractivity contribution in [3.05, 3.63) is 119 Å². The first kappa shape index (κ1) is 50.0. The second kappa shape index (κ2) is 20.7. The number of fused-ring (bicyclic) bond motifs is 2. The number of aliphatic carboxylic acids is 1. The normalized spacial score (nSPS) is 14.9. The van der Waals surface area contributed by atoms with Gasteiger partial charge in [-0.3, -0.25) is 20.4 Å². The van der Waals surface area contributed by atoms with E-state index in [0.717, 1.165) is 0 Å². The minimum absolute atomic E-state index is 0. The molecule has 2 aliphatic carbocycles. The fourth-order valence-electron chi connectivity index (χ4n) is 5.74. The van der Waals surface area contributed by atoms with Crippen LogP contribution in [0.25, 0.3) is 28.5 Å². The summed E-state index contributed by atoms with van der Waals surface area (Å²) in [6.07, 6.45) is 4.84. The summed E-state index contributed by atoms with van der Waals surface area (Å²) in [7, 11) is -10.7. The summed E-state index contributed by atoms with van der Waals surface area (Å²) in [5.41, 5.74) is 11.7. The summed E-state index contributed by atoms with van der Waals surface area (Å²) < 4.78 is 73.6. The number of imidazole rings is 1. The van der Waals surface area contributed by atoms with Crippen molar-refractivity contribution in [2.75, 3.05) is 23.1 Å². The number of hydrogen-bond donors (Lipinski definition) is 5. The maximum Gasteiger partial charge on any atom is 1.00 e. The van der Waals surface area contributed by atoms with E-state index in [0.29, 0.717) is 51.6 Å². The third-order valence-electron chi connectivity index (χ3n) is 8.49. The number of hydrazone groups is 2. The number of Topliss-reactive ketones (excluding diaryl/α,β-unsaturated/α-hetero) is 1. The van der Waals surface area contributed by atoms with Gasteiger partial charge in [-0.2, -0.15) is 15.3 Å². The van der Waals surface area contributed by atoms with Gasteiger partial charge in [-0.1, -0.05) is 18.2 Å². The van der Waals surface area contributed by atoms with Crippen LogP contribution in [0.1, 0.15) is 15.9 Å². The van der Waals surface area contributed by atoms with E-state index in [9.17, 15) is 45.4 Å². The molecular formula is C37H25N10Na3O10S2. The number of rotatable bonds is 12. The van der Waals surface area contributed by atoms with Crippen LogP contribution in [0.2, 0.25) is 0 Å². The molecule has 0 radical (unpaired) electrons. The first-order chi connectivity index (χ1) is 28.0. The molecular weight excluding hydrogens is 878 g/mol. The van der Waals surface area contributed by atoms with E-state index in [-0.39, 0.29) is 100 Å². The van der Waals surface area contributed by atoms with Gasteiger partial charge in [-0.05, 0) is 84.5 Å². The molecule has 4 aromatic carbocycles. The maximum absolute atomic E-state index is 13.7. The molecule has 5 aromatic rings. The molecule has 0 unspecified atom stereocenters. The third kappa shape index (κ3) is 11.5. The number of nitrogens with zero attached hydrogens (tertiary/aromatic N) is 5. The molecule has 0 amide bonds. The maximum atomic E-state index is 13.7. The van der Waals surface area contributed by atoms with Gasteiger partial charge < -0.3 is 35.0 Å². The van der Waals surface area contributed by atoms with Gasteiger partial charge in [0, 0.05) is 17.3 Å². The van der Waals surface area contributed by atoms with Crippen molar-refractivity contribution in [1.82, 2.24) is 15.3 Å². The molecule has 0 saturated carbocycles. The van der Waals surface area contributed by atoms with Crippen molar-refractivity contribution >= 4 is 94.7 Å². The third-order valence-corrected chi connectivity index (χ3v) is 10.2. The summed E-state index contributed by atoms with van der Waals surface area (Å²) in [5.74, 6) is -2.49. The van der Waals surface area contributed by atoms with E-state index in [1.165, 1.54) is 30.4 Å². The summed E-state index contributed by atoms with van der Waals surface area (Å²) in [5, 5.41) is 29.1. The summed E-state index contributed by atoms with van der Waals surface area (Å²) in [6.45, 7) is -0.458. The first-order valence-corrected chi connectivity index (χ1v) is 19.6. The van der Waals surface area contributed by atoms with E-state index >= 15 is 0 Å². The van der Waals surface area contributed by atoms with E-state index in [4.69, 9.17) is 5.73 Å². The Labute approximate surface area is 418 Å². The molecule has 0 saturated heterocycles. The molecule has 25 heteroatoms. The van der Waals surface area contributed by atoms with Crippen LogP contribution in [0.5, 0.6) is 0 Å². The fourth-order valence-corrected chi connectivity index (χ4v) is 7.05. The minimum atomic E-state index is -5.36. The molecule has 1 heterocycles. The van der Waals surface area contributed by atoms with Gasteiger partial charge in [0.05, 0.1) is 61.7 Å². The van der Waals surface area contributed by atoms with Crippen LogP contribution in [-0.2, 0) is 29.8 Å². The number of azo groups is 1. The molecule has 0 aliphatic heterocycles. The van der Waals surface area contributed by atoms with Crippen molar-refractivity contribution in [3.63, 3.8) is 0 Å². The zero-order valence-corrected chi connectivity index (χ0v) is 40.4. The molecule has 0 atom stereocenters. The van der Waals surface area contributed by atoms with Gasteiger partial charge in [0.15, 0.2) is 0 Å². The van der Waals surface area contributed by atoms with Gasteiger partial charge in [0.25, 0.3) is 0 Å². The van der Waals surface area contributed by atoms with Crippen LogP contribution in [0, 0.1) is 0 Å². The Morgan fingerprint density at radius 2 is 1.50 bits per heavy atom. The first-order valence-electron chi connectivity index (χ1n) is 16.8. The number of benzene rings is 4. The largest absolute Gasteiger partial charge is 1.00 e. The number of ketones is 2. The number of hydrogen-bond acceptors (Lipinski definition) is 19.